The summed E-state index contributed by atoms with van der Waals surface area (Å²) < 4.78 is 47.6. The second-order valence-electron chi connectivity index (χ2n) is 35.9. The number of piperazine rings is 2. The van der Waals surface area contributed by atoms with E-state index in [1.54, 1.807) is 67.5 Å². The molecule has 4 bridgehead atoms. The van der Waals surface area contributed by atoms with Crippen LogP contribution in [0.4, 0.5) is 9.59 Å². The number of allylic oxidation sites excluding steroid dienone is 2. The van der Waals surface area contributed by atoms with Gasteiger partial charge in [-0.2, -0.15) is 34.0 Å². The number of phenols is 1. The van der Waals surface area contributed by atoms with Crippen LogP contribution >= 0.6 is 23.5 Å². The number of phenolic OH excluding ortho intramolecular Hbond substituents is 1. The molecule has 4 N–H and O–H groups in total. The number of aliphatic hydroxyl groups is 1. The van der Waals surface area contributed by atoms with Gasteiger partial charge in [0.1, 0.15) is 71.6 Å². The number of Topliss-reactive ketones (excluding diaryl/α,β-unsaturated/α-hetero) is 2. The second-order valence-corrected chi connectivity index (χ2v) is 38.0. The number of thioether (sulfide) groups is 2. The Balaban J connectivity index is 0.000000182. The lowest BCUT2D eigenvalue weighted by atomic mass is 9.69. The number of hydrogen-bond acceptors (Lipinski definition) is 24. The first-order valence-corrected chi connectivity index (χ1v) is 44.4. The van der Waals surface area contributed by atoms with E-state index in [-0.39, 0.29) is 96.0 Å². The van der Waals surface area contributed by atoms with Gasteiger partial charge < -0.3 is 58.7 Å². The lowest BCUT2D eigenvalue weighted by molar-refractivity contribution is -0.151. The third-order valence-electron chi connectivity index (χ3n) is 26.5. The number of fused-ring (bicyclic) bond motifs is 21. The van der Waals surface area contributed by atoms with Crippen molar-refractivity contribution in [3.05, 3.63) is 215 Å². The molecule has 3 aliphatic carbocycles. The van der Waals surface area contributed by atoms with E-state index in [1.807, 2.05) is 57.0 Å². The van der Waals surface area contributed by atoms with Crippen LogP contribution in [0.15, 0.2) is 132 Å². The van der Waals surface area contributed by atoms with Gasteiger partial charge in [-0.15, -0.1) is 0 Å². The van der Waals surface area contributed by atoms with Crippen molar-refractivity contribution in [3.8, 4) is 63.1 Å². The van der Waals surface area contributed by atoms with Crippen LogP contribution in [0.3, 0.4) is 0 Å². The number of nitrogens with one attached hydrogen (secondary N) is 2. The summed E-state index contributed by atoms with van der Waals surface area (Å²) in [4.78, 5) is 91.6. The summed E-state index contributed by atoms with van der Waals surface area (Å²) in [5, 5.41) is 51.1. The number of ether oxygens (including phenoxy) is 8. The smallest absolute Gasteiger partial charge is 0.408 e. The zero-order chi connectivity index (χ0) is 87.4. The SMILES string of the molecule is COc1c(C)cc2c(c1C)[C@@H]1[C@@H]3CC4=C(C(=O)C(=O)C(C)=C4O)[C@H](COC(=O)[C@@H](CSCC4c5ccccc5-c5ccccc54)NC(=O)OC(C)(C)C)N3[C@@H](C#N)[C@H](C2)N1C.COc1c(C)cc2c(c1C)[C@@H]1[C@@H]3Cc4c(O)c(C)c5c(c4[C@H](COC(=O)[C@@H](CSCC4c6ccccc6-c6ccccc64)NC(=O)OC(C)(C)C)N3[C@@H](C#N)[C@H](C2)N1C)OCO5. The Kier molecular flexibility index (Phi) is 23.5. The van der Waals surface area contributed by atoms with Crippen LogP contribution in [0.25, 0.3) is 22.3 Å². The number of alkyl carbamates (subject to hydrolysis) is 2. The average molecular weight is 1700 g/mol. The number of aromatic hydroxyl groups is 1. The highest BCUT2D eigenvalue weighted by Crippen LogP contribution is 2.59. The zero-order valence-corrected chi connectivity index (χ0v) is 74.0. The fraction of sp³-hybridized carbons (Fsp3) is 0.443. The molecule has 7 heterocycles. The Bertz CT molecular complexity index is 5570. The number of hydrogen-bond donors (Lipinski definition) is 4. The molecule has 24 nitrogen and oxygen atoms in total. The highest BCUT2D eigenvalue weighted by atomic mass is 32.2. The predicted molar refractivity (Wildman–Crippen MR) is 467 cm³/mol. The number of ketones is 2. The number of methoxy groups -OCH3 is 2. The summed E-state index contributed by atoms with van der Waals surface area (Å²) in [7, 11) is 7.41. The maximum absolute atomic E-state index is 14.5. The molecule has 7 aromatic carbocycles. The van der Waals surface area contributed by atoms with E-state index in [2.05, 4.69) is 143 Å². The third kappa shape index (κ3) is 15.2. The highest BCUT2D eigenvalue weighted by Gasteiger charge is 2.60. The molecule has 123 heavy (non-hydrogen) atoms. The molecule has 0 aromatic heterocycles. The molecular weight excluding hydrogens is 1600 g/mol. The number of nitrogens with zero attached hydrogens (tertiary/aromatic N) is 6. The molecule has 2 amide bonds. The molecule has 12 atom stereocenters. The van der Waals surface area contributed by atoms with Gasteiger partial charge in [-0.05, 0) is 212 Å². The molecule has 0 spiro atoms. The van der Waals surface area contributed by atoms with Crippen molar-refractivity contribution in [3.63, 3.8) is 0 Å². The first-order valence-electron chi connectivity index (χ1n) is 42.1. The molecule has 7 aliphatic heterocycles. The molecule has 10 aliphatic rings. The lowest BCUT2D eigenvalue weighted by Crippen LogP contribution is -2.70. The van der Waals surface area contributed by atoms with Crippen molar-refractivity contribution >= 4 is 59.2 Å². The molecule has 0 saturated carbocycles. The maximum atomic E-state index is 14.5. The molecule has 0 radical (unpaired) electrons. The van der Waals surface area contributed by atoms with Crippen molar-refractivity contribution in [2.24, 2.45) is 0 Å². The minimum Gasteiger partial charge on any atom is -0.507 e. The summed E-state index contributed by atoms with van der Waals surface area (Å²) in [6.07, 6.45) is 0.249. The fourth-order valence-corrected chi connectivity index (χ4v) is 23.8. The van der Waals surface area contributed by atoms with E-state index < -0.39 is 95.8 Å². The molecule has 2 saturated heterocycles. The van der Waals surface area contributed by atoms with Crippen molar-refractivity contribution < 1.29 is 76.9 Å². The van der Waals surface area contributed by atoms with Crippen molar-refractivity contribution in [1.29, 1.82) is 10.5 Å². The van der Waals surface area contributed by atoms with Crippen molar-refractivity contribution in [2.75, 3.05) is 71.3 Å². The number of benzene rings is 7. The van der Waals surface area contributed by atoms with Gasteiger partial charge in [-0.3, -0.25) is 29.2 Å². The van der Waals surface area contributed by atoms with E-state index in [4.69, 9.17) is 37.9 Å². The Hall–Kier alpha value is -10.8. The van der Waals surface area contributed by atoms with Crippen LogP contribution in [-0.4, -0.2) is 202 Å². The van der Waals surface area contributed by atoms with E-state index in [1.165, 1.54) is 68.8 Å². The Morgan fingerprint density at radius 2 is 0.951 bits per heavy atom. The summed E-state index contributed by atoms with van der Waals surface area (Å²) in [5.74, 6) is 1.18. The van der Waals surface area contributed by atoms with E-state index in [0.717, 1.165) is 50.4 Å². The number of aryl methyl sites for hydroxylation is 2. The van der Waals surface area contributed by atoms with E-state index >= 15 is 0 Å². The summed E-state index contributed by atoms with van der Waals surface area (Å²) >= 11 is 3.07. The number of amides is 2. The number of aliphatic hydroxyl groups excluding tert-OH is 1. The number of likely N-dealkylation sites (N-methyl/N-ethyl adjacent to an activating group) is 2. The average Bonchev–Trinajstić information content (AvgIpc) is 1.50. The molecule has 2 fully saturated rings. The number of carbonyl (C=O) groups excluding carboxylic acids is 6. The normalized spacial score (nSPS) is 23.2. The van der Waals surface area contributed by atoms with Crippen LogP contribution in [0, 0.1) is 57.3 Å². The highest BCUT2D eigenvalue weighted by molar-refractivity contribution is 7.99. The summed E-state index contributed by atoms with van der Waals surface area (Å²) in [6, 6.07) is 35.8. The quantitative estimate of drug-likeness (QED) is 0.0268. The van der Waals surface area contributed by atoms with Gasteiger partial charge in [-0.1, -0.05) is 109 Å². The fourth-order valence-electron chi connectivity index (χ4n) is 21.5. The van der Waals surface area contributed by atoms with Crippen LogP contribution in [0.5, 0.6) is 28.7 Å². The standard InChI is InChI=1S/C49H54N4O8S.C48H52N4O8S/c1-25-17-28-18-36-38(20-50)53-37(42(52(36)7)40(28)26(2)44(25)57-8)19-33-41(46-45(59-24-60-46)27(3)43(33)54)39(53)21-58-47(55)35(51-48(56)61-49(4,5)6)23-62-22-34-31-15-11-9-13-29(31)30-14-10-12-16-32(30)34;1-24-17-27-18-35-37(20-49)52-36(41(51(35)7)39(27)25(2)45(24)58-8)19-32-40(44(55)43(54)26(3)42(32)53)38(52)21-59-46(56)34(50-47(57)60-48(4,5)6)23-61-22-33-30-15-11-9-13-28(30)29-14-10-12-16-31(29)33/h9-17,34-39,42,54H,18-19,21-24H2,1-8H3,(H,51,56);9-17,33-38,41,53H,18-19,21-23H2,1-8H3,(H,50,57)/t35-,36+,37+,38+,39+,42+;34-,35+,36+,37+,38+,41+/m11/s1. The van der Waals surface area contributed by atoms with E-state index in [0.29, 0.717) is 64.5 Å². The molecule has 642 valence electrons. The molecular formula is C97H106N8O16S2. The number of carbonyl (C=O) groups is 6. The first kappa shape index (κ1) is 85.7. The predicted octanol–water partition coefficient (Wildman–Crippen LogP) is 14.6. The lowest BCUT2D eigenvalue weighted by Gasteiger charge is -2.60. The molecule has 26 heteroatoms. The van der Waals surface area contributed by atoms with Crippen LogP contribution in [0.1, 0.15) is 168 Å². The van der Waals surface area contributed by atoms with Gasteiger partial charge in [0, 0.05) is 92.4 Å². The first-order chi connectivity index (χ1) is 58.8. The topological polar surface area (TPSA) is 301 Å². The maximum Gasteiger partial charge on any atom is 0.408 e. The summed E-state index contributed by atoms with van der Waals surface area (Å²) in [5.41, 5.74) is 18.7. The molecule has 0 unspecified atom stereocenters. The largest absolute Gasteiger partial charge is 0.507 e. The minimum atomic E-state index is -1.15. The van der Waals surface area contributed by atoms with Gasteiger partial charge in [0.25, 0.3) is 0 Å². The van der Waals surface area contributed by atoms with Gasteiger partial charge >= 0.3 is 24.1 Å². The Morgan fingerprint density at radius 1 is 0.545 bits per heavy atom. The Labute approximate surface area is 726 Å². The zero-order valence-electron chi connectivity index (χ0n) is 72.4. The van der Waals surface area contributed by atoms with Crippen LogP contribution < -0.4 is 29.6 Å². The van der Waals surface area contributed by atoms with Gasteiger partial charge in [0.15, 0.2) is 11.5 Å². The molecule has 17 rings (SSSR count). The Morgan fingerprint density at radius 3 is 1.37 bits per heavy atom. The van der Waals surface area contributed by atoms with Gasteiger partial charge in [0.05, 0.1) is 50.5 Å². The number of esters is 2. The van der Waals surface area contributed by atoms with Gasteiger partial charge in [-0.25, -0.2) is 19.2 Å². The monoisotopic (exact) mass is 1700 g/mol. The summed E-state index contributed by atoms with van der Waals surface area (Å²) in [6.45, 7) is 21.3. The molecule has 7 aromatic rings. The second kappa shape index (κ2) is 33.7. The number of rotatable bonds is 18. The van der Waals surface area contributed by atoms with Crippen molar-refractivity contribution in [2.45, 2.75) is 204 Å². The number of nitriles is 2. The minimum absolute atomic E-state index is 0.0293. The third-order valence-corrected chi connectivity index (χ3v) is 28.8. The van der Waals surface area contributed by atoms with Crippen LogP contribution in [-0.2, 0) is 57.4 Å². The van der Waals surface area contributed by atoms with Gasteiger partial charge in [0.2, 0.25) is 18.4 Å². The van der Waals surface area contributed by atoms with Crippen LogP contribution in [0.2, 0.25) is 0 Å². The van der Waals surface area contributed by atoms with Crippen molar-refractivity contribution in [1.82, 2.24) is 30.2 Å². The van der Waals surface area contributed by atoms with E-state index in [9.17, 15) is 49.5 Å².